The smallest absolute Gasteiger partial charge is 0.337 e. The number of piperidine rings is 1. The second kappa shape index (κ2) is 7.12. The van der Waals surface area contributed by atoms with Crippen LogP contribution in [-0.4, -0.2) is 17.6 Å². The number of aromatic carboxylic acids is 1. The molecule has 0 saturated carbocycles. The quantitative estimate of drug-likeness (QED) is 0.573. The number of halogens is 1. The summed E-state index contributed by atoms with van der Waals surface area (Å²) in [5.74, 6) is -0.873. The van der Waals surface area contributed by atoms with E-state index in [1.165, 1.54) is 5.56 Å². The van der Waals surface area contributed by atoms with Crippen LogP contribution in [0.5, 0.6) is 0 Å². The lowest BCUT2D eigenvalue weighted by Gasteiger charge is -2.39. The fraction of sp³-hybridized carbons (Fsp3) is 0.227. The molecule has 132 valence electrons. The van der Waals surface area contributed by atoms with Gasteiger partial charge in [-0.15, -0.1) is 0 Å². The molecule has 1 fully saturated rings. The van der Waals surface area contributed by atoms with Gasteiger partial charge in [-0.2, -0.15) is 0 Å². The normalized spacial score (nSPS) is 17.4. The van der Waals surface area contributed by atoms with Crippen LogP contribution in [0.1, 0.15) is 41.2 Å². The minimum atomic E-state index is -0.873. The van der Waals surface area contributed by atoms with E-state index in [0.29, 0.717) is 5.56 Å². The third-order valence-corrected chi connectivity index (χ3v) is 5.65. The summed E-state index contributed by atoms with van der Waals surface area (Å²) in [7, 11) is 0. The lowest BCUT2D eigenvalue weighted by molar-refractivity contribution is 0.0697. The standard InChI is InChI=1S/C22H20BrNO2/c23-17-10-12-18-16(14-17)9-11-19(22(25)26)21(18)24-13-5-4-8-20(24)15-6-2-1-3-7-15/h1-3,6-7,9-12,14,20H,4-5,8,13H2,(H,25,26). The fourth-order valence-electron chi connectivity index (χ4n) is 3.99. The van der Waals surface area contributed by atoms with Crippen LogP contribution in [0.4, 0.5) is 5.69 Å². The second-order valence-corrected chi connectivity index (χ2v) is 7.66. The molecule has 1 unspecified atom stereocenters. The van der Waals surface area contributed by atoms with E-state index in [1.807, 2.05) is 30.3 Å². The van der Waals surface area contributed by atoms with Crippen molar-refractivity contribution in [2.75, 3.05) is 11.4 Å². The molecule has 1 aliphatic heterocycles. The molecular formula is C22H20BrNO2. The highest BCUT2D eigenvalue weighted by Gasteiger charge is 2.28. The maximum atomic E-state index is 12.0. The zero-order chi connectivity index (χ0) is 18.1. The van der Waals surface area contributed by atoms with Crippen LogP contribution in [0.3, 0.4) is 0 Å². The Hall–Kier alpha value is -2.33. The summed E-state index contributed by atoms with van der Waals surface area (Å²) in [5, 5.41) is 11.9. The van der Waals surface area contributed by atoms with Crippen molar-refractivity contribution in [1.29, 1.82) is 0 Å². The van der Waals surface area contributed by atoms with E-state index in [0.717, 1.165) is 46.7 Å². The number of rotatable bonds is 3. The minimum absolute atomic E-state index is 0.206. The Morgan fingerprint density at radius 1 is 1.04 bits per heavy atom. The van der Waals surface area contributed by atoms with E-state index in [2.05, 4.69) is 45.1 Å². The summed E-state index contributed by atoms with van der Waals surface area (Å²) in [6, 6.07) is 20.3. The highest BCUT2D eigenvalue weighted by atomic mass is 79.9. The van der Waals surface area contributed by atoms with Gasteiger partial charge in [-0.3, -0.25) is 0 Å². The number of carboxylic acid groups (broad SMARTS) is 1. The number of hydrogen-bond acceptors (Lipinski definition) is 2. The van der Waals surface area contributed by atoms with E-state index < -0.39 is 5.97 Å². The number of benzene rings is 3. The Labute approximate surface area is 161 Å². The van der Waals surface area contributed by atoms with Gasteiger partial charge < -0.3 is 10.0 Å². The van der Waals surface area contributed by atoms with Crippen LogP contribution in [0, 0.1) is 0 Å². The first-order valence-electron chi connectivity index (χ1n) is 8.92. The first-order valence-corrected chi connectivity index (χ1v) is 9.71. The van der Waals surface area contributed by atoms with Crippen LogP contribution in [-0.2, 0) is 0 Å². The first kappa shape index (κ1) is 17.1. The van der Waals surface area contributed by atoms with Crippen LogP contribution < -0.4 is 4.90 Å². The number of carboxylic acids is 1. The summed E-state index contributed by atoms with van der Waals surface area (Å²) >= 11 is 3.52. The maximum absolute atomic E-state index is 12.0. The molecule has 3 aromatic rings. The molecule has 26 heavy (non-hydrogen) atoms. The Morgan fingerprint density at radius 3 is 2.62 bits per heavy atom. The molecule has 1 aliphatic rings. The average molecular weight is 410 g/mol. The zero-order valence-electron chi connectivity index (χ0n) is 14.4. The number of fused-ring (bicyclic) bond motifs is 1. The van der Waals surface area contributed by atoms with Gasteiger partial charge in [0, 0.05) is 16.4 Å². The highest BCUT2D eigenvalue weighted by Crippen LogP contribution is 2.41. The van der Waals surface area contributed by atoms with Gasteiger partial charge >= 0.3 is 5.97 Å². The molecule has 1 saturated heterocycles. The monoisotopic (exact) mass is 409 g/mol. The third kappa shape index (κ3) is 3.10. The van der Waals surface area contributed by atoms with Crippen molar-refractivity contribution < 1.29 is 9.90 Å². The topological polar surface area (TPSA) is 40.5 Å². The molecule has 1 heterocycles. The van der Waals surface area contributed by atoms with Gasteiger partial charge in [-0.1, -0.05) is 58.4 Å². The fourth-order valence-corrected chi connectivity index (χ4v) is 4.37. The van der Waals surface area contributed by atoms with Crippen molar-refractivity contribution in [3.8, 4) is 0 Å². The van der Waals surface area contributed by atoms with E-state index in [1.54, 1.807) is 6.07 Å². The predicted octanol–water partition coefficient (Wildman–Crippen LogP) is 6.03. The van der Waals surface area contributed by atoms with E-state index in [-0.39, 0.29) is 6.04 Å². The molecule has 3 aromatic carbocycles. The van der Waals surface area contributed by atoms with Crippen molar-refractivity contribution in [3.05, 3.63) is 76.3 Å². The van der Waals surface area contributed by atoms with Gasteiger partial charge in [0.2, 0.25) is 0 Å². The van der Waals surface area contributed by atoms with Crippen molar-refractivity contribution >= 4 is 38.4 Å². The van der Waals surface area contributed by atoms with Crippen molar-refractivity contribution in [2.45, 2.75) is 25.3 Å². The molecular weight excluding hydrogens is 390 g/mol. The molecule has 1 atom stereocenters. The van der Waals surface area contributed by atoms with Crippen LogP contribution in [0.15, 0.2) is 65.1 Å². The lowest BCUT2D eigenvalue weighted by Crippen LogP contribution is -2.34. The van der Waals surface area contributed by atoms with Crippen molar-refractivity contribution in [1.82, 2.24) is 0 Å². The van der Waals surface area contributed by atoms with Crippen molar-refractivity contribution in [2.24, 2.45) is 0 Å². The highest BCUT2D eigenvalue weighted by molar-refractivity contribution is 9.10. The van der Waals surface area contributed by atoms with Gasteiger partial charge in [0.15, 0.2) is 0 Å². The van der Waals surface area contributed by atoms with Gasteiger partial charge in [-0.05, 0) is 48.4 Å². The largest absolute Gasteiger partial charge is 0.478 e. The Bertz CT molecular complexity index is 955. The SMILES string of the molecule is O=C(O)c1ccc2cc(Br)ccc2c1N1CCCCC1c1ccccc1. The van der Waals surface area contributed by atoms with E-state index >= 15 is 0 Å². The molecule has 0 spiro atoms. The second-order valence-electron chi connectivity index (χ2n) is 6.75. The van der Waals surface area contributed by atoms with Gasteiger partial charge in [0.25, 0.3) is 0 Å². The summed E-state index contributed by atoms with van der Waals surface area (Å²) < 4.78 is 0.997. The molecule has 3 nitrogen and oxygen atoms in total. The number of nitrogens with zero attached hydrogens (tertiary/aromatic N) is 1. The first-order chi connectivity index (χ1) is 12.6. The predicted molar refractivity (Wildman–Crippen MR) is 109 cm³/mol. The van der Waals surface area contributed by atoms with E-state index in [4.69, 9.17) is 0 Å². The van der Waals surface area contributed by atoms with Crippen molar-refractivity contribution in [3.63, 3.8) is 0 Å². The summed E-state index contributed by atoms with van der Waals surface area (Å²) in [4.78, 5) is 14.3. The summed E-state index contributed by atoms with van der Waals surface area (Å²) in [6.45, 7) is 0.870. The number of carbonyl (C=O) groups is 1. The third-order valence-electron chi connectivity index (χ3n) is 5.16. The molecule has 0 radical (unpaired) electrons. The number of hydrogen-bond donors (Lipinski definition) is 1. The molecule has 0 bridgehead atoms. The molecule has 0 aliphatic carbocycles. The maximum Gasteiger partial charge on any atom is 0.337 e. The Balaban J connectivity index is 1.92. The van der Waals surface area contributed by atoms with Crippen LogP contribution >= 0.6 is 15.9 Å². The summed E-state index contributed by atoms with van der Waals surface area (Å²) in [6.07, 6.45) is 3.28. The van der Waals surface area contributed by atoms with E-state index in [9.17, 15) is 9.90 Å². The Morgan fingerprint density at radius 2 is 1.85 bits per heavy atom. The average Bonchev–Trinajstić information content (AvgIpc) is 2.67. The zero-order valence-corrected chi connectivity index (χ0v) is 15.9. The molecule has 0 amide bonds. The van der Waals surface area contributed by atoms with Gasteiger partial charge in [0.05, 0.1) is 17.3 Å². The lowest BCUT2D eigenvalue weighted by atomic mass is 9.92. The molecule has 4 heteroatoms. The number of anilines is 1. The Kier molecular flexibility index (Phi) is 4.68. The van der Waals surface area contributed by atoms with Gasteiger partial charge in [-0.25, -0.2) is 4.79 Å². The summed E-state index contributed by atoms with van der Waals surface area (Å²) in [5.41, 5.74) is 2.47. The van der Waals surface area contributed by atoms with Gasteiger partial charge in [0.1, 0.15) is 0 Å². The molecule has 4 rings (SSSR count). The molecule has 0 aromatic heterocycles. The molecule has 1 N–H and O–H groups in total. The van der Waals surface area contributed by atoms with Crippen LogP contribution in [0.2, 0.25) is 0 Å². The van der Waals surface area contributed by atoms with Crippen LogP contribution in [0.25, 0.3) is 10.8 Å². The minimum Gasteiger partial charge on any atom is -0.478 e.